The largest absolute Gasteiger partial charge is 0.432 e. The molecule has 6 fully saturated rings. The number of carbonyl (C=O) groups excluding carboxylic acids is 1. The minimum atomic E-state index is -1.74. The zero-order chi connectivity index (χ0) is 41.2. The first-order valence-electron chi connectivity index (χ1n) is 20.9. The van der Waals surface area contributed by atoms with Gasteiger partial charge in [-0.05, 0) is 98.2 Å². The predicted octanol–water partition coefficient (Wildman–Crippen LogP) is 1.29. The Morgan fingerprint density at radius 1 is 0.786 bits per heavy atom. The van der Waals surface area contributed by atoms with Gasteiger partial charge in [0.1, 0.15) is 42.7 Å². The molecule has 7 rings (SSSR count). The van der Waals surface area contributed by atoms with Crippen LogP contribution in [0.15, 0.2) is 11.6 Å². The standard InChI is InChI=1S/C42H68O14/c1-36(2)14-16-42(35(51)56-34-31(50)29(48)28(47)23(18-43)54-34)17-15-39(5)21(32(42)41(36,7)52)8-9-25-37(3)12-11-26(55-33-30(49)27(46)22(45)19-53-33)38(4,20-44)24(37)10-13-40(25,39)6/h8,22-34,43-50,52H,9-20H2,1-7H3/t22-,23+,24+,25+,26-,27-,28+,29-,30+,31+,32+,33-,34-,37-,38-,39+,40+,41-,42-/m0/s1. The highest BCUT2D eigenvalue weighted by Gasteiger charge is 2.73. The molecule has 0 unspecified atom stereocenters. The quantitative estimate of drug-likeness (QED) is 0.105. The average Bonchev–Trinajstić information content (AvgIpc) is 3.14. The number of aliphatic hydroxyl groups is 9. The molecule has 9 N–H and O–H groups in total. The van der Waals surface area contributed by atoms with Gasteiger partial charge in [0.05, 0.1) is 36.9 Å². The van der Waals surface area contributed by atoms with Gasteiger partial charge in [-0.1, -0.05) is 53.2 Å². The Labute approximate surface area is 330 Å². The normalized spacial score (nSPS) is 55.4. The molecular weight excluding hydrogens is 728 g/mol. The first-order chi connectivity index (χ1) is 26.0. The molecule has 0 spiro atoms. The van der Waals surface area contributed by atoms with Crippen LogP contribution in [0.3, 0.4) is 0 Å². The lowest BCUT2D eigenvalue weighted by Crippen LogP contribution is -2.70. The summed E-state index contributed by atoms with van der Waals surface area (Å²) in [7, 11) is 0. The summed E-state index contributed by atoms with van der Waals surface area (Å²) in [5.41, 5.74) is -3.68. The molecule has 0 aromatic carbocycles. The Hall–Kier alpha value is -1.27. The highest BCUT2D eigenvalue weighted by molar-refractivity contribution is 5.79. The van der Waals surface area contributed by atoms with Gasteiger partial charge in [-0.25, -0.2) is 0 Å². The van der Waals surface area contributed by atoms with Gasteiger partial charge in [0.15, 0.2) is 6.29 Å². The smallest absolute Gasteiger partial charge is 0.315 e. The van der Waals surface area contributed by atoms with Crippen molar-refractivity contribution in [2.45, 2.75) is 173 Å². The van der Waals surface area contributed by atoms with Crippen molar-refractivity contribution in [3.05, 3.63) is 11.6 Å². The molecule has 2 heterocycles. The van der Waals surface area contributed by atoms with Gasteiger partial charge in [0.2, 0.25) is 6.29 Å². The Morgan fingerprint density at radius 3 is 2.11 bits per heavy atom. The average molecular weight is 797 g/mol. The van der Waals surface area contributed by atoms with Crippen LogP contribution in [-0.2, 0) is 23.7 Å². The number of rotatable bonds is 6. The first-order valence-corrected chi connectivity index (χ1v) is 20.9. The monoisotopic (exact) mass is 796 g/mol. The summed E-state index contributed by atoms with van der Waals surface area (Å²) in [5.74, 6) is -1.06. The summed E-state index contributed by atoms with van der Waals surface area (Å²) in [6, 6.07) is 0. The van der Waals surface area contributed by atoms with Gasteiger partial charge in [0, 0.05) is 11.3 Å². The molecule has 0 bridgehead atoms. The van der Waals surface area contributed by atoms with E-state index in [9.17, 15) is 50.8 Å². The lowest BCUT2D eigenvalue weighted by Gasteiger charge is -2.72. The van der Waals surface area contributed by atoms with Crippen LogP contribution in [0.2, 0.25) is 0 Å². The van der Waals surface area contributed by atoms with Gasteiger partial charge >= 0.3 is 5.97 Å². The zero-order valence-corrected chi connectivity index (χ0v) is 34.1. The molecule has 0 aromatic heterocycles. The van der Waals surface area contributed by atoms with Crippen LogP contribution in [0, 0.1) is 50.2 Å². The maximum Gasteiger partial charge on any atom is 0.315 e. The van der Waals surface area contributed by atoms with E-state index in [0.29, 0.717) is 38.5 Å². The van der Waals surface area contributed by atoms with Crippen molar-refractivity contribution in [1.29, 1.82) is 0 Å². The molecule has 14 heteroatoms. The second-order valence-electron chi connectivity index (χ2n) is 20.6. The molecule has 5 aliphatic carbocycles. The van der Waals surface area contributed by atoms with Crippen molar-refractivity contribution >= 4 is 5.97 Å². The number of hydrogen-bond donors (Lipinski definition) is 9. The Morgan fingerprint density at radius 2 is 1.45 bits per heavy atom. The third-order valence-electron chi connectivity index (χ3n) is 17.9. The van der Waals surface area contributed by atoms with Crippen molar-refractivity contribution in [3.8, 4) is 0 Å². The number of aliphatic hydroxyl groups excluding tert-OH is 8. The van der Waals surface area contributed by atoms with E-state index in [1.54, 1.807) is 0 Å². The van der Waals surface area contributed by atoms with Gasteiger partial charge in [-0.15, -0.1) is 0 Å². The van der Waals surface area contributed by atoms with Crippen LogP contribution in [0.5, 0.6) is 0 Å². The van der Waals surface area contributed by atoms with E-state index in [1.165, 1.54) is 0 Å². The third-order valence-corrected chi connectivity index (χ3v) is 17.9. The highest BCUT2D eigenvalue weighted by Crippen LogP contribution is 2.77. The number of ether oxygens (including phenoxy) is 4. The molecule has 0 aromatic rings. The fourth-order valence-corrected chi connectivity index (χ4v) is 13.6. The fraction of sp³-hybridized carbons (Fsp3) is 0.929. The van der Waals surface area contributed by atoms with Crippen LogP contribution < -0.4 is 0 Å². The molecule has 4 saturated carbocycles. The third kappa shape index (κ3) is 5.82. The highest BCUT2D eigenvalue weighted by atomic mass is 16.7. The number of carbonyl (C=O) groups is 1. The van der Waals surface area contributed by atoms with E-state index in [-0.39, 0.29) is 35.9 Å². The van der Waals surface area contributed by atoms with Crippen LogP contribution in [0.1, 0.15) is 106 Å². The van der Waals surface area contributed by atoms with Crippen LogP contribution >= 0.6 is 0 Å². The maximum atomic E-state index is 14.7. The molecule has 56 heavy (non-hydrogen) atoms. The van der Waals surface area contributed by atoms with Gasteiger partial charge in [0.25, 0.3) is 0 Å². The summed E-state index contributed by atoms with van der Waals surface area (Å²) in [5, 5.41) is 96.4. The second-order valence-corrected chi connectivity index (χ2v) is 20.6. The molecule has 14 nitrogen and oxygen atoms in total. The van der Waals surface area contributed by atoms with E-state index in [2.05, 4.69) is 26.8 Å². The van der Waals surface area contributed by atoms with Gasteiger partial charge in [-0.2, -0.15) is 0 Å². The van der Waals surface area contributed by atoms with Crippen molar-refractivity contribution in [3.63, 3.8) is 0 Å². The summed E-state index contributed by atoms with van der Waals surface area (Å²) in [6.45, 7) is 14.0. The molecule has 2 saturated heterocycles. The van der Waals surface area contributed by atoms with Crippen molar-refractivity contribution in [2.24, 2.45) is 50.2 Å². The van der Waals surface area contributed by atoms with E-state index < -0.39 is 107 Å². The second kappa shape index (κ2) is 14.2. The van der Waals surface area contributed by atoms with Crippen molar-refractivity contribution in [2.75, 3.05) is 19.8 Å². The molecule has 320 valence electrons. The summed E-state index contributed by atoms with van der Waals surface area (Å²) in [4.78, 5) is 14.7. The van der Waals surface area contributed by atoms with Crippen molar-refractivity contribution < 1.29 is 69.7 Å². The minimum absolute atomic E-state index is 0.0412. The van der Waals surface area contributed by atoms with Crippen molar-refractivity contribution in [1.82, 2.24) is 0 Å². The number of hydrogen-bond acceptors (Lipinski definition) is 14. The molecule has 0 amide bonds. The van der Waals surface area contributed by atoms with Crippen LogP contribution in [0.25, 0.3) is 0 Å². The first kappa shape index (κ1) is 42.8. The SMILES string of the molecule is CC1(C)CC[C@]2(C(=O)O[C@@H]3O[C@H](CO)[C@@H](O)[C@H](O)[C@H]3O)CC[C@]3(C)C(=CC[C@@H]4[C@@]5(C)CC[C@H](O[C@@H]6OC[C@H](O)[C@H](O)[C@H]6O)[C@@](C)(CO)[C@@H]5CC[C@]43C)[C@@H]2[C@]1(C)O. The Balaban J connectivity index is 1.22. The molecule has 7 aliphatic rings. The summed E-state index contributed by atoms with van der Waals surface area (Å²) < 4.78 is 23.6. The molecule has 2 aliphatic heterocycles. The van der Waals surface area contributed by atoms with E-state index in [4.69, 9.17) is 18.9 Å². The fourth-order valence-electron chi connectivity index (χ4n) is 13.6. The Kier molecular flexibility index (Phi) is 10.8. The lowest BCUT2D eigenvalue weighted by molar-refractivity contribution is -0.313. The van der Waals surface area contributed by atoms with E-state index in [0.717, 1.165) is 24.8 Å². The lowest BCUT2D eigenvalue weighted by atomic mass is 9.32. The molecule has 0 radical (unpaired) electrons. The number of fused-ring (bicyclic) bond motifs is 7. The molecular formula is C42H68O14. The maximum absolute atomic E-state index is 14.7. The Bertz CT molecular complexity index is 1530. The molecule has 19 atom stereocenters. The van der Waals surface area contributed by atoms with Crippen LogP contribution in [0.4, 0.5) is 0 Å². The number of allylic oxidation sites excluding steroid dienone is 1. The van der Waals surface area contributed by atoms with Gasteiger partial charge in [-0.3, -0.25) is 4.79 Å². The topological polar surface area (TPSA) is 236 Å². The zero-order valence-electron chi connectivity index (χ0n) is 34.1. The minimum Gasteiger partial charge on any atom is -0.432 e. The number of esters is 1. The van der Waals surface area contributed by atoms with Crippen LogP contribution in [-0.4, -0.2) is 139 Å². The summed E-state index contributed by atoms with van der Waals surface area (Å²) in [6.07, 6.45) is -5.58. The predicted molar refractivity (Wildman–Crippen MR) is 199 cm³/mol. The summed E-state index contributed by atoms with van der Waals surface area (Å²) >= 11 is 0. The van der Waals surface area contributed by atoms with E-state index >= 15 is 0 Å². The van der Waals surface area contributed by atoms with E-state index in [1.807, 2.05) is 27.7 Å². The van der Waals surface area contributed by atoms with Gasteiger partial charge < -0.3 is 64.9 Å².